The molecule has 1 aromatic heterocycles. The zero-order valence-electron chi connectivity index (χ0n) is 13.7. The first-order valence-electron chi connectivity index (χ1n) is 7.74. The molecule has 0 atom stereocenters. The monoisotopic (exact) mass is 318 g/mol. The number of azo groups is 1. The van der Waals surface area contributed by atoms with Crippen molar-refractivity contribution < 1.29 is 4.79 Å². The first kappa shape index (κ1) is 15.8. The molecule has 3 aromatic rings. The minimum atomic E-state index is 0.0211. The van der Waals surface area contributed by atoms with E-state index >= 15 is 0 Å². The summed E-state index contributed by atoms with van der Waals surface area (Å²) in [7, 11) is 0. The molecule has 0 spiro atoms. The van der Waals surface area contributed by atoms with Crippen LogP contribution in [0.2, 0.25) is 0 Å². The van der Waals surface area contributed by atoms with Crippen molar-refractivity contribution in [2.24, 2.45) is 10.2 Å². The maximum atomic E-state index is 12.4. The number of rotatable bonds is 5. The zero-order valence-corrected chi connectivity index (χ0v) is 13.7. The van der Waals surface area contributed by atoms with Crippen molar-refractivity contribution in [3.05, 3.63) is 77.6 Å². The highest BCUT2D eigenvalue weighted by atomic mass is 16.1. The molecular weight excluding hydrogens is 300 g/mol. The highest BCUT2D eigenvalue weighted by molar-refractivity contribution is 5.95. The number of aryl methyl sites for hydroxylation is 1. The van der Waals surface area contributed by atoms with Gasteiger partial charge in [0.05, 0.1) is 17.1 Å². The van der Waals surface area contributed by atoms with Gasteiger partial charge in [-0.1, -0.05) is 48.5 Å². The lowest BCUT2D eigenvalue weighted by molar-refractivity contribution is 0.0967. The molecule has 0 fully saturated rings. The molecule has 1 heterocycles. The summed E-state index contributed by atoms with van der Waals surface area (Å²) in [5, 5.41) is 13.0. The van der Waals surface area contributed by atoms with E-state index in [9.17, 15) is 4.79 Å². The van der Waals surface area contributed by atoms with E-state index in [0.29, 0.717) is 11.3 Å². The number of benzene rings is 2. The lowest BCUT2D eigenvalue weighted by atomic mass is 10.1. The molecule has 0 saturated heterocycles. The maximum Gasteiger partial charge on any atom is 0.184 e. The fourth-order valence-electron chi connectivity index (χ4n) is 2.44. The minimum absolute atomic E-state index is 0.0211. The molecule has 0 aliphatic rings. The highest BCUT2D eigenvalue weighted by Crippen LogP contribution is 2.25. The molecule has 0 bridgehead atoms. The van der Waals surface area contributed by atoms with E-state index in [0.717, 1.165) is 17.1 Å². The van der Waals surface area contributed by atoms with Crippen LogP contribution in [0.25, 0.3) is 0 Å². The van der Waals surface area contributed by atoms with E-state index in [1.165, 1.54) is 0 Å². The standard InChI is InChI=1S/C19H18N4O/c1-14-19(21-20-17-11-7-4-8-12-17)15(2)23(22-14)13-18(24)16-9-5-3-6-10-16/h3-12H,13H2,1-2H3. The third-order valence-electron chi connectivity index (χ3n) is 3.75. The van der Waals surface area contributed by atoms with Crippen LogP contribution >= 0.6 is 0 Å². The largest absolute Gasteiger partial charge is 0.292 e. The van der Waals surface area contributed by atoms with Crippen LogP contribution in [-0.4, -0.2) is 15.6 Å². The lowest BCUT2D eigenvalue weighted by Crippen LogP contribution is -2.12. The molecule has 0 radical (unpaired) electrons. The summed E-state index contributed by atoms with van der Waals surface area (Å²) in [4.78, 5) is 12.4. The van der Waals surface area contributed by atoms with Crippen LogP contribution < -0.4 is 0 Å². The Morgan fingerprint density at radius 2 is 1.58 bits per heavy atom. The van der Waals surface area contributed by atoms with Crippen molar-refractivity contribution in [2.45, 2.75) is 20.4 Å². The molecule has 3 rings (SSSR count). The molecule has 2 aromatic carbocycles. The lowest BCUT2D eigenvalue weighted by Gasteiger charge is -2.03. The summed E-state index contributed by atoms with van der Waals surface area (Å²) in [6.07, 6.45) is 0. The van der Waals surface area contributed by atoms with Crippen molar-refractivity contribution in [1.82, 2.24) is 9.78 Å². The Balaban J connectivity index is 1.82. The van der Waals surface area contributed by atoms with Gasteiger partial charge in [-0.25, -0.2) is 0 Å². The van der Waals surface area contributed by atoms with Crippen molar-refractivity contribution in [1.29, 1.82) is 0 Å². The van der Waals surface area contributed by atoms with E-state index in [-0.39, 0.29) is 12.3 Å². The molecule has 0 aliphatic heterocycles. The fraction of sp³-hybridized carbons (Fsp3) is 0.158. The molecule has 0 unspecified atom stereocenters. The first-order chi connectivity index (χ1) is 11.6. The summed E-state index contributed by atoms with van der Waals surface area (Å²) >= 11 is 0. The summed E-state index contributed by atoms with van der Waals surface area (Å²) in [6, 6.07) is 18.8. The Labute approximate surface area is 140 Å². The van der Waals surface area contributed by atoms with Gasteiger partial charge in [-0.15, -0.1) is 5.11 Å². The van der Waals surface area contributed by atoms with Gasteiger partial charge in [0, 0.05) is 5.56 Å². The van der Waals surface area contributed by atoms with Crippen molar-refractivity contribution in [3.63, 3.8) is 0 Å². The zero-order chi connectivity index (χ0) is 16.9. The van der Waals surface area contributed by atoms with Gasteiger partial charge in [0.1, 0.15) is 12.2 Å². The quantitative estimate of drug-likeness (QED) is 0.501. The molecule has 0 saturated carbocycles. The van der Waals surface area contributed by atoms with E-state index < -0.39 is 0 Å². The Bertz CT molecular complexity index is 867. The van der Waals surface area contributed by atoms with Gasteiger partial charge in [0.2, 0.25) is 0 Å². The van der Waals surface area contributed by atoms with Gasteiger partial charge in [-0.2, -0.15) is 10.2 Å². The predicted molar refractivity (Wildman–Crippen MR) is 93.1 cm³/mol. The molecule has 120 valence electrons. The first-order valence-corrected chi connectivity index (χ1v) is 7.74. The topological polar surface area (TPSA) is 59.6 Å². The average Bonchev–Trinajstić information content (AvgIpc) is 2.88. The second-order valence-corrected chi connectivity index (χ2v) is 5.50. The number of aromatic nitrogens is 2. The molecule has 24 heavy (non-hydrogen) atoms. The molecule has 5 heteroatoms. The summed E-state index contributed by atoms with van der Waals surface area (Å²) in [5.41, 5.74) is 3.76. The molecular formula is C19H18N4O. The van der Waals surface area contributed by atoms with Gasteiger partial charge in [-0.3, -0.25) is 9.48 Å². The van der Waals surface area contributed by atoms with Crippen LogP contribution in [0.3, 0.4) is 0 Å². The normalized spacial score (nSPS) is 11.1. The maximum absolute atomic E-state index is 12.4. The Morgan fingerprint density at radius 1 is 0.958 bits per heavy atom. The van der Waals surface area contributed by atoms with E-state index in [2.05, 4.69) is 15.3 Å². The van der Waals surface area contributed by atoms with E-state index in [1.807, 2.05) is 74.5 Å². The number of carbonyl (C=O) groups excluding carboxylic acids is 1. The van der Waals surface area contributed by atoms with Gasteiger partial charge in [-0.05, 0) is 26.0 Å². The van der Waals surface area contributed by atoms with E-state index in [1.54, 1.807) is 4.68 Å². The van der Waals surface area contributed by atoms with Crippen molar-refractivity contribution in [2.75, 3.05) is 0 Å². The van der Waals surface area contributed by atoms with Gasteiger partial charge in [0.15, 0.2) is 5.78 Å². The molecule has 0 aliphatic carbocycles. The van der Waals surface area contributed by atoms with Gasteiger partial charge >= 0.3 is 0 Å². The van der Waals surface area contributed by atoms with Crippen LogP contribution in [0.4, 0.5) is 11.4 Å². The smallest absolute Gasteiger partial charge is 0.184 e. The second kappa shape index (κ2) is 7.00. The molecule has 0 amide bonds. The second-order valence-electron chi connectivity index (χ2n) is 5.50. The Morgan fingerprint density at radius 3 is 2.25 bits per heavy atom. The van der Waals surface area contributed by atoms with Crippen molar-refractivity contribution >= 4 is 17.2 Å². The summed E-state index contributed by atoms with van der Waals surface area (Å²) < 4.78 is 1.68. The number of carbonyl (C=O) groups is 1. The Hall–Kier alpha value is -3.08. The number of hydrogen-bond acceptors (Lipinski definition) is 4. The van der Waals surface area contributed by atoms with Gasteiger partial charge in [0.25, 0.3) is 0 Å². The van der Waals surface area contributed by atoms with E-state index in [4.69, 9.17) is 0 Å². The fourth-order valence-corrected chi connectivity index (χ4v) is 2.44. The van der Waals surface area contributed by atoms with Crippen LogP contribution in [0.1, 0.15) is 21.7 Å². The van der Waals surface area contributed by atoms with Gasteiger partial charge < -0.3 is 0 Å². The summed E-state index contributed by atoms with van der Waals surface area (Å²) in [6.45, 7) is 3.96. The predicted octanol–water partition coefficient (Wildman–Crippen LogP) is 4.80. The van der Waals surface area contributed by atoms with Crippen LogP contribution in [0, 0.1) is 13.8 Å². The number of Topliss-reactive ketones (excluding diaryl/α,β-unsaturated/α-hetero) is 1. The van der Waals surface area contributed by atoms with Crippen LogP contribution in [0.15, 0.2) is 70.9 Å². The summed E-state index contributed by atoms with van der Waals surface area (Å²) in [5.74, 6) is 0.0211. The third-order valence-corrected chi connectivity index (χ3v) is 3.75. The van der Waals surface area contributed by atoms with Crippen LogP contribution in [0.5, 0.6) is 0 Å². The Kier molecular flexibility index (Phi) is 4.61. The number of nitrogens with zero attached hydrogens (tertiary/aromatic N) is 4. The van der Waals surface area contributed by atoms with Crippen LogP contribution in [-0.2, 0) is 6.54 Å². The number of ketones is 1. The molecule has 5 nitrogen and oxygen atoms in total. The third kappa shape index (κ3) is 3.46. The highest BCUT2D eigenvalue weighted by Gasteiger charge is 2.14. The molecule has 0 N–H and O–H groups in total. The average molecular weight is 318 g/mol. The SMILES string of the molecule is Cc1nn(CC(=O)c2ccccc2)c(C)c1N=Nc1ccccc1. The number of hydrogen-bond donors (Lipinski definition) is 0. The van der Waals surface area contributed by atoms with Crippen molar-refractivity contribution in [3.8, 4) is 0 Å². The minimum Gasteiger partial charge on any atom is -0.292 e.